The van der Waals surface area contributed by atoms with Crippen molar-refractivity contribution in [3.8, 4) is 16.9 Å². The molecule has 5 aromatic carbocycles. The molecule has 0 bridgehead atoms. The van der Waals surface area contributed by atoms with Crippen molar-refractivity contribution in [2.45, 2.75) is 19.1 Å². The number of carboxylic acids is 1. The summed E-state index contributed by atoms with van der Waals surface area (Å²) in [6, 6.07) is 40.1. The number of nitrogens with two attached hydrogens (primary N) is 1. The first kappa shape index (κ1) is 42.0. The van der Waals surface area contributed by atoms with E-state index in [0.717, 1.165) is 39.1 Å². The lowest BCUT2D eigenvalue weighted by Crippen LogP contribution is -2.40. The van der Waals surface area contributed by atoms with E-state index in [0.29, 0.717) is 24.3 Å². The van der Waals surface area contributed by atoms with E-state index in [2.05, 4.69) is 10.6 Å². The lowest BCUT2D eigenvalue weighted by atomic mass is 9.97. The second kappa shape index (κ2) is 20.7. The second-order valence-corrected chi connectivity index (χ2v) is 12.2. The van der Waals surface area contributed by atoms with Gasteiger partial charge in [0, 0.05) is 24.3 Å². The number of carbonyl (C=O) groups excluding carboxylic acids is 3. The summed E-state index contributed by atoms with van der Waals surface area (Å²) in [5.74, 6) is -2.65. The molecule has 0 atom stereocenters. The molecule has 10 nitrogen and oxygen atoms in total. The van der Waals surface area contributed by atoms with Gasteiger partial charge in [0.1, 0.15) is 5.75 Å². The fraction of sp³-hybridized carbons (Fsp3) is 0.163. The summed E-state index contributed by atoms with van der Waals surface area (Å²) in [6.07, 6.45) is -0.880. The van der Waals surface area contributed by atoms with E-state index in [1.807, 2.05) is 133 Å². The summed E-state index contributed by atoms with van der Waals surface area (Å²) in [6.45, 7) is 0.820. The summed E-state index contributed by atoms with van der Waals surface area (Å²) in [5, 5.41) is 12.8. The van der Waals surface area contributed by atoms with E-state index >= 15 is 0 Å². The quantitative estimate of drug-likeness (QED) is 0.0914. The summed E-state index contributed by atoms with van der Waals surface area (Å²) >= 11 is 0. The highest BCUT2D eigenvalue weighted by Gasteiger charge is 2.38. The molecule has 0 aliphatic carbocycles. The molecular weight excluding hydrogens is 725 g/mol. The van der Waals surface area contributed by atoms with Gasteiger partial charge < -0.3 is 31.1 Å². The minimum absolute atomic E-state index is 0.158. The Bertz CT molecular complexity index is 2110. The number of hydrogen-bond donors (Lipinski definition) is 4. The molecule has 5 N–H and O–H groups in total. The van der Waals surface area contributed by atoms with Crippen molar-refractivity contribution in [2.24, 2.45) is 5.73 Å². The molecule has 3 amide bonds. The van der Waals surface area contributed by atoms with Gasteiger partial charge in [-0.1, -0.05) is 103 Å². The monoisotopic (exact) mass is 766 g/mol. The van der Waals surface area contributed by atoms with E-state index < -0.39 is 12.1 Å². The first-order valence-electron chi connectivity index (χ1n) is 17.4. The molecule has 0 heterocycles. The van der Waals surface area contributed by atoms with Gasteiger partial charge in [-0.05, 0) is 69.8 Å². The lowest BCUT2D eigenvalue weighted by molar-refractivity contribution is -0.192. The molecule has 0 saturated carbocycles. The predicted molar refractivity (Wildman–Crippen MR) is 210 cm³/mol. The highest BCUT2D eigenvalue weighted by atomic mass is 19.4. The molecule has 290 valence electrons. The van der Waals surface area contributed by atoms with Crippen molar-refractivity contribution in [3.05, 3.63) is 155 Å². The van der Waals surface area contributed by atoms with Crippen LogP contribution in [0, 0.1) is 0 Å². The third-order valence-electron chi connectivity index (χ3n) is 8.16. The summed E-state index contributed by atoms with van der Waals surface area (Å²) < 4.78 is 37.0. The first-order chi connectivity index (χ1) is 26.9. The van der Waals surface area contributed by atoms with E-state index in [9.17, 15) is 27.6 Å². The Labute approximate surface area is 322 Å². The van der Waals surface area contributed by atoms with Gasteiger partial charge in [0.05, 0.1) is 26.6 Å². The van der Waals surface area contributed by atoms with Gasteiger partial charge in [-0.15, -0.1) is 0 Å². The van der Waals surface area contributed by atoms with Crippen molar-refractivity contribution in [1.82, 2.24) is 10.6 Å². The molecule has 5 aromatic rings. The first-order valence-corrected chi connectivity index (χ1v) is 17.4. The Morgan fingerprint density at radius 2 is 1.36 bits per heavy atom. The van der Waals surface area contributed by atoms with Crippen LogP contribution in [-0.4, -0.2) is 61.7 Å². The number of nitrogens with one attached hydrogen (secondary N) is 2. The Morgan fingerprint density at radius 3 is 1.96 bits per heavy atom. The number of benzene rings is 5. The molecule has 0 unspecified atom stereocenters. The third-order valence-corrected chi connectivity index (χ3v) is 8.16. The van der Waals surface area contributed by atoms with Crippen LogP contribution < -0.4 is 26.0 Å². The largest absolute Gasteiger partial charge is 0.497 e. The maximum absolute atomic E-state index is 13.8. The zero-order valence-electron chi connectivity index (χ0n) is 30.5. The van der Waals surface area contributed by atoms with Crippen LogP contribution in [0.4, 0.5) is 18.9 Å². The minimum atomic E-state index is -5.08. The van der Waals surface area contributed by atoms with Crippen molar-refractivity contribution >= 4 is 41.5 Å². The van der Waals surface area contributed by atoms with Crippen molar-refractivity contribution in [2.75, 3.05) is 31.6 Å². The zero-order valence-corrected chi connectivity index (χ0v) is 30.5. The maximum Gasteiger partial charge on any atom is 0.490 e. The van der Waals surface area contributed by atoms with E-state index in [-0.39, 0.29) is 37.2 Å². The minimum Gasteiger partial charge on any atom is -0.497 e. The number of alkyl halides is 3. The number of halogens is 3. The van der Waals surface area contributed by atoms with Gasteiger partial charge in [0.15, 0.2) is 0 Å². The van der Waals surface area contributed by atoms with Crippen LogP contribution in [0.1, 0.15) is 32.6 Å². The molecular formula is C43H41F3N4O6. The van der Waals surface area contributed by atoms with Crippen LogP contribution in [0.15, 0.2) is 127 Å². The zero-order chi connectivity index (χ0) is 40.5. The molecule has 0 aromatic heterocycles. The fourth-order valence-electron chi connectivity index (χ4n) is 5.34. The number of anilines is 1. The van der Waals surface area contributed by atoms with E-state index in [4.69, 9.17) is 20.4 Å². The molecule has 56 heavy (non-hydrogen) atoms. The molecule has 0 spiro atoms. The van der Waals surface area contributed by atoms with Crippen molar-refractivity contribution < 1.29 is 42.2 Å². The summed E-state index contributed by atoms with van der Waals surface area (Å²) in [7, 11) is 1.64. The average molecular weight is 767 g/mol. The number of nitrogens with zero attached hydrogens (tertiary/aromatic N) is 1. The highest BCUT2D eigenvalue weighted by molar-refractivity contribution is 6.01. The highest BCUT2D eigenvalue weighted by Crippen LogP contribution is 2.27. The van der Waals surface area contributed by atoms with Crippen molar-refractivity contribution in [1.29, 1.82) is 0 Å². The fourth-order valence-corrected chi connectivity index (χ4v) is 5.34. The Hall–Kier alpha value is -6.73. The standard InChI is InChI=1S/C41H40N4O4.C2HF3O2/c1-49-36-22-18-31(19-23-36)15-14-30-16-20-35(21-17-30)45(40(47)28-44-39(46)27-32-8-3-2-4-9-32)29-33-10-7-11-34(26-33)37-12-5-6-13-38(37)41(48)43-25-24-42;3-2(4,5)1(6)7/h2-23,26H,24-25,27-29,42H2,1H3,(H,43,48)(H,44,46);(H,6,7)/b15-14+;. The topological polar surface area (TPSA) is 151 Å². The van der Waals surface area contributed by atoms with Gasteiger partial charge in [-0.3, -0.25) is 14.4 Å². The number of carboxylic acid groups (broad SMARTS) is 1. The van der Waals surface area contributed by atoms with Gasteiger partial charge in [-0.25, -0.2) is 4.79 Å². The molecule has 13 heteroatoms. The number of carbonyl (C=O) groups is 4. The number of methoxy groups -OCH3 is 1. The average Bonchev–Trinajstić information content (AvgIpc) is 3.21. The number of rotatable bonds is 14. The Kier molecular flexibility index (Phi) is 15.5. The van der Waals surface area contributed by atoms with Gasteiger partial charge in [-0.2, -0.15) is 13.2 Å². The van der Waals surface area contributed by atoms with Crippen LogP contribution in [0.2, 0.25) is 0 Å². The van der Waals surface area contributed by atoms with Crippen LogP contribution in [-0.2, 0) is 27.3 Å². The number of amides is 3. The summed E-state index contributed by atoms with van der Waals surface area (Å²) in [4.78, 5) is 50.0. The summed E-state index contributed by atoms with van der Waals surface area (Å²) in [5.41, 5.74) is 12.2. The molecule has 0 saturated heterocycles. The Morgan fingerprint density at radius 1 is 0.768 bits per heavy atom. The third kappa shape index (κ3) is 13.0. The van der Waals surface area contributed by atoms with E-state index in [1.165, 1.54) is 0 Å². The molecule has 0 aliphatic heterocycles. The normalized spacial score (nSPS) is 10.9. The Balaban J connectivity index is 0.000000908. The van der Waals surface area contributed by atoms with Gasteiger partial charge >= 0.3 is 12.1 Å². The number of ether oxygens (including phenoxy) is 1. The molecule has 0 aliphatic rings. The van der Waals surface area contributed by atoms with Crippen LogP contribution in [0.25, 0.3) is 23.3 Å². The number of hydrogen-bond acceptors (Lipinski definition) is 6. The van der Waals surface area contributed by atoms with Crippen LogP contribution in [0.5, 0.6) is 5.75 Å². The van der Waals surface area contributed by atoms with Gasteiger partial charge in [0.2, 0.25) is 11.8 Å². The molecule has 5 rings (SSSR count). The SMILES string of the molecule is COc1ccc(/C=C/c2ccc(N(Cc3cccc(-c4ccccc4C(=O)NCCN)c3)C(=O)CNC(=O)Cc3ccccc3)cc2)cc1.O=C(O)C(F)(F)F. The van der Waals surface area contributed by atoms with Crippen LogP contribution in [0.3, 0.4) is 0 Å². The molecule has 0 fully saturated rings. The smallest absolute Gasteiger partial charge is 0.490 e. The molecule has 0 radical (unpaired) electrons. The second-order valence-electron chi connectivity index (χ2n) is 12.2. The maximum atomic E-state index is 13.8. The number of aliphatic carboxylic acids is 1. The lowest BCUT2D eigenvalue weighted by Gasteiger charge is -2.24. The van der Waals surface area contributed by atoms with Gasteiger partial charge in [0.25, 0.3) is 5.91 Å². The van der Waals surface area contributed by atoms with E-state index in [1.54, 1.807) is 18.1 Å². The van der Waals surface area contributed by atoms with Crippen LogP contribution >= 0.6 is 0 Å². The van der Waals surface area contributed by atoms with Crippen molar-refractivity contribution in [3.63, 3.8) is 0 Å². The predicted octanol–water partition coefficient (Wildman–Crippen LogP) is 6.75.